The lowest BCUT2D eigenvalue weighted by molar-refractivity contribution is 0.516. The van der Waals surface area contributed by atoms with Gasteiger partial charge in [-0.05, 0) is 45.8 Å². The highest BCUT2D eigenvalue weighted by Crippen LogP contribution is 2.45. The topological polar surface area (TPSA) is 46.6 Å². The van der Waals surface area contributed by atoms with Crippen molar-refractivity contribution in [2.75, 3.05) is 0 Å². The molecule has 0 aliphatic carbocycles. The molecule has 0 saturated heterocycles. The lowest BCUT2D eigenvalue weighted by Gasteiger charge is -2.26. The first-order valence-electron chi connectivity index (χ1n) is 17.7. The van der Waals surface area contributed by atoms with Gasteiger partial charge in [0, 0.05) is 38.4 Å². The first kappa shape index (κ1) is 28.8. The summed E-state index contributed by atoms with van der Waals surface area (Å²) in [6.45, 7) is 0. The standard InChI is InChI=1S/C47H31N5/c1-4-16-32(17-5-1)45-48-46(33-18-6-2-7-19-33)50-47(49-45)52-40-29-25-31-15-11-13-23-36(31)42(40)38-27-26-37-41-35-22-12-10-14-30(35)24-28-39(41)51(43(37)44(38)52)34-20-8-3-9-21-34/h1-29,47H,(H,48,49,50). The molecule has 1 atom stereocenters. The van der Waals surface area contributed by atoms with E-state index in [2.05, 4.69) is 166 Å². The van der Waals surface area contributed by atoms with E-state index in [0.717, 1.165) is 39.2 Å². The van der Waals surface area contributed by atoms with E-state index >= 15 is 0 Å². The molecule has 5 nitrogen and oxygen atoms in total. The van der Waals surface area contributed by atoms with Gasteiger partial charge in [-0.2, -0.15) is 0 Å². The van der Waals surface area contributed by atoms with E-state index in [0.29, 0.717) is 5.84 Å². The predicted octanol–water partition coefficient (Wildman–Crippen LogP) is 11.2. The number of fused-ring (bicyclic) bond motifs is 11. The lowest BCUT2D eigenvalue weighted by Crippen LogP contribution is -2.36. The number of amidine groups is 2. The summed E-state index contributed by atoms with van der Waals surface area (Å²) in [5.74, 6) is 1.48. The van der Waals surface area contributed by atoms with Crippen LogP contribution in [0.15, 0.2) is 186 Å². The molecular formula is C47H31N5. The summed E-state index contributed by atoms with van der Waals surface area (Å²) < 4.78 is 4.87. The van der Waals surface area contributed by atoms with Crippen molar-refractivity contribution in [2.45, 2.75) is 6.29 Å². The molecule has 3 heterocycles. The largest absolute Gasteiger partial charge is 0.331 e. The van der Waals surface area contributed by atoms with Crippen molar-refractivity contribution in [1.29, 1.82) is 0 Å². The number of nitrogens with zero attached hydrogens (tertiary/aromatic N) is 4. The fourth-order valence-electron chi connectivity index (χ4n) is 8.30. The fraction of sp³-hybridized carbons (Fsp3) is 0.0213. The maximum absolute atomic E-state index is 5.44. The van der Waals surface area contributed by atoms with Gasteiger partial charge >= 0.3 is 0 Å². The molecule has 1 aliphatic heterocycles. The zero-order chi connectivity index (χ0) is 34.2. The van der Waals surface area contributed by atoms with Gasteiger partial charge in [0.25, 0.3) is 0 Å². The smallest absolute Gasteiger partial charge is 0.204 e. The molecule has 11 rings (SSSR count). The van der Waals surface area contributed by atoms with Crippen LogP contribution in [0.5, 0.6) is 0 Å². The molecule has 0 saturated carbocycles. The van der Waals surface area contributed by atoms with Crippen LogP contribution < -0.4 is 5.32 Å². The number of hydrogen-bond donors (Lipinski definition) is 1. The van der Waals surface area contributed by atoms with Crippen molar-refractivity contribution in [3.63, 3.8) is 0 Å². The van der Waals surface area contributed by atoms with Gasteiger partial charge in [0.1, 0.15) is 5.84 Å². The fourth-order valence-corrected chi connectivity index (χ4v) is 8.30. The van der Waals surface area contributed by atoms with Crippen molar-refractivity contribution in [3.8, 4) is 5.69 Å². The molecule has 0 amide bonds. The predicted molar refractivity (Wildman–Crippen MR) is 217 cm³/mol. The van der Waals surface area contributed by atoms with E-state index in [1.54, 1.807) is 0 Å². The second-order valence-corrected chi connectivity index (χ2v) is 13.4. The molecule has 0 radical (unpaired) electrons. The summed E-state index contributed by atoms with van der Waals surface area (Å²) >= 11 is 0. The molecule has 10 aromatic rings. The first-order chi connectivity index (χ1) is 25.8. The van der Waals surface area contributed by atoms with E-state index in [-0.39, 0.29) is 0 Å². The van der Waals surface area contributed by atoms with E-state index in [4.69, 9.17) is 9.98 Å². The molecule has 0 spiro atoms. The van der Waals surface area contributed by atoms with Crippen molar-refractivity contribution < 1.29 is 0 Å². The summed E-state index contributed by atoms with van der Waals surface area (Å²) in [5.41, 5.74) is 7.65. The molecule has 0 fully saturated rings. The summed E-state index contributed by atoms with van der Waals surface area (Å²) in [6.07, 6.45) is -0.492. The normalized spacial score (nSPS) is 14.7. The van der Waals surface area contributed by atoms with Gasteiger partial charge in [0.05, 0.1) is 22.1 Å². The van der Waals surface area contributed by atoms with E-state index in [1.807, 2.05) is 24.3 Å². The monoisotopic (exact) mass is 665 g/mol. The zero-order valence-corrected chi connectivity index (χ0v) is 28.1. The highest BCUT2D eigenvalue weighted by molar-refractivity contribution is 6.31. The first-order valence-corrected chi connectivity index (χ1v) is 17.7. The average Bonchev–Trinajstić information content (AvgIpc) is 3.75. The molecule has 8 aromatic carbocycles. The van der Waals surface area contributed by atoms with Gasteiger partial charge in [-0.1, -0.05) is 152 Å². The highest BCUT2D eigenvalue weighted by Gasteiger charge is 2.28. The van der Waals surface area contributed by atoms with Crippen LogP contribution in [0.3, 0.4) is 0 Å². The van der Waals surface area contributed by atoms with Crippen molar-refractivity contribution in [3.05, 3.63) is 187 Å². The van der Waals surface area contributed by atoms with Gasteiger partial charge in [-0.25, -0.2) is 9.98 Å². The Labute approximate surface area is 299 Å². The Bertz CT molecular complexity index is 3080. The van der Waals surface area contributed by atoms with Crippen LogP contribution in [0.1, 0.15) is 17.4 Å². The molecule has 52 heavy (non-hydrogen) atoms. The third-order valence-corrected chi connectivity index (χ3v) is 10.5. The number of benzene rings is 8. The van der Waals surface area contributed by atoms with Crippen LogP contribution in [-0.2, 0) is 0 Å². The highest BCUT2D eigenvalue weighted by atomic mass is 15.3. The van der Waals surface area contributed by atoms with Crippen LogP contribution in [0.4, 0.5) is 0 Å². The van der Waals surface area contributed by atoms with E-state index in [9.17, 15) is 0 Å². The lowest BCUT2D eigenvalue weighted by atomic mass is 10.0. The summed E-state index contributed by atoms with van der Waals surface area (Å²) in [7, 11) is 0. The quantitative estimate of drug-likeness (QED) is 0.200. The van der Waals surface area contributed by atoms with Gasteiger partial charge in [-0.3, -0.25) is 4.57 Å². The molecule has 1 N–H and O–H groups in total. The zero-order valence-electron chi connectivity index (χ0n) is 28.1. The number of aliphatic imine (C=N–C) groups is 2. The number of hydrogen-bond acceptors (Lipinski definition) is 3. The van der Waals surface area contributed by atoms with Crippen LogP contribution in [-0.4, -0.2) is 20.8 Å². The van der Waals surface area contributed by atoms with E-state index in [1.165, 1.54) is 48.6 Å². The third kappa shape index (κ3) is 4.23. The number of nitrogens with one attached hydrogen (secondary N) is 1. The maximum atomic E-state index is 5.44. The minimum Gasteiger partial charge on any atom is -0.331 e. The Morgan fingerprint density at radius 2 is 0.981 bits per heavy atom. The summed E-state index contributed by atoms with van der Waals surface area (Å²) in [4.78, 5) is 10.6. The Hall–Kier alpha value is -6.98. The number of para-hydroxylation sites is 1. The molecule has 1 aliphatic rings. The Morgan fingerprint density at radius 3 is 1.65 bits per heavy atom. The Morgan fingerprint density at radius 1 is 0.442 bits per heavy atom. The van der Waals surface area contributed by atoms with Crippen molar-refractivity contribution in [2.24, 2.45) is 9.98 Å². The minimum atomic E-state index is -0.492. The second kappa shape index (κ2) is 11.3. The van der Waals surface area contributed by atoms with Crippen molar-refractivity contribution >= 4 is 76.8 Å². The molecule has 0 bridgehead atoms. The number of aromatic nitrogens is 2. The Balaban J connectivity index is 1.33. The molecule has 2 aromatic heterocycles. The summed E-state index contributed by atoms with van der Waals surface area (Å²) in [5, 5.41) is 13.6. The Kier molecular flexibility index (Phi) is 6.25. The van der Waals surface area contributed by atoms with Gasteiger partial charge in [0.2, 0.25) is 6.29 Å². The van der Waals surface area contributed by atoms with Crippen LogP contribution in [0, 0.1) is 0 Å². The molecule has 244 valence electrons. The van der Waals surface area contributed by atoms with Crippen molar-refractivity contribution in [1.82, 2.24) is 14.5 Å². The molecule has 1 unspecified atom stereocenters. The minimum absolute atomic E-state index is 0.492. The van der Waals surface area contributed by atoms with Gasteiger partial charge in [-0.15, -0.1) is 0 Å². The number of rotatable bonds is 4. The SMILES string of the molecule is c1ccc(C2=NC(n3c4ccc5ccccc5c4c4ccc5c6c7ccccc7ccc6n(-c6ccccc6)c5c43)NC(c3ccccc3)=N2)cc1. The molecular weight excluding hydrogens is 635 g/mol. The van der Waals surface area contributed by atoms with Crippen LogP contribution in [0.25, 0.3) is 70.8 Å². The van der Waals surface area contributed by atoms with Crippen LogP contribution >= 0.6 is 0 Å². The third-order valence-electron chi connectivity index (χ3n) is 10.5. The summed E-state index contributed by atoms with van der Waals surface area (Å²) in [6, 6.07) is 62.5. The average molecular weight is 666 g/mol. The maximum Gasteiger partial charge on any atom is 0.204 e. The van der Waals surface area contributed by atoms with Crippen LogP contribution in [0.2, 0.25) is 0 Å². The molecule has 5 heteroatoms. The van der Waals surface area contributed by atoms with E-state index < -0.39 is 6.29 Å². The van der Waals surface area contributed by atoms with Gasteiger partial charge < -0.3 is 9.88 Å². The second-order valence-electron chi connectivity index (χ2n) is 13.4. The van der Waals surface area contributed by atoms with Gasteiger partial charge in [0.15, 0.2) is 5.84 Å².